The number of aryl methyl sites for hydroxylation is 2. The Bertz CT molecular complexity index is 1200. The van der Waals surface area contributed by atoms with Crippen LogP contribution in [0.1, 0.15) is 43.9 Å². The van der Waals surface area contributed by atoms with E-state index < -0.39 is 0 Å². The number of nitriles is 1. The molecule has 6 heteroatoms. The van der Waals surface area contributed by atoms with Crippen LogP contribution in [0.5, 0.6) is 0 Å². The fourth-order valence-corrected chi connectivity index (χ4v) is 3.45. The van der Waals surface area contributed by atoms with Gasteiger partial charge in [-0.25, -0.2) is 9.37 Å². The molecule has 0 aliphatic carbocycles. The van der Waals surface area contributed by atoms with E-state index in [9.17, 15) is 9.18 Å². The predicted molar refractivity (Wildman–Crippen MR) is 109 cm³/mol. The van der Waals surface area contributed by atoms with Gasteiger partial charge < -0.3 is 5.32 Å². The molecule has 0 atom stereocenters. The number of pyridine rings is 1. The lowest BCUT2D eigenvalue weighted by Crippen LogP contribution is -2.16. The van der Waals surface area contributed by atoms with Crippen molar-refractivity contribution >= 4 is 17.3 Å². The number of anilines is 1. The van der Waals surface area contributed by atoms with Gasteiger partial charge in [0.25, 0.3) is 5.91 Å². The summed E-state index contributed by atoms with van der Waals surface area (Å²) in [4.78, 5) is 21.3. The highest BCUT2D eigenvalue weighted by molar-refractivity contribution is 6.16. The average Bonchev–Trinajstić information content (AvgIpc) is 3.10. The topological polar surface area (TPSA) is 78.1 Å². The molecule has 3 aromatic rings. The van der Waals surface area contributed by atoms with Gasteiger partial charge in [0.2, 0.25) is 0 Å². The zero-order valence-electron chi connectivity index (χ0n) is 16.0. The highest BCUT2D eigenvalue weighted by Gasteiger charge is 2.20. The molecule has 29 heavy (non-hydrogen) atoms. The molecule has 5 nitrogen and oxygen atoms in total. The molecule has 1 aliphatic heterocycles. The van der Waals surface area contributed by atoms with Gasteiger partial charge in [0.1, 0.15) is 17.6 Å². The van der Waals surface area contributed by atoms with Crippen molar-refractivity contribution in [3.8, 4) is 6.07 Å². The maximum atomic E-state index is 13.8. The van der Waals surface area contributed by atoms with E-state index in [0.29, 0.717) is 34.6 Å². The molecule has 1 aliphatic rings. The highest BCUT2D eigenvalue weighted by atomic mass is 19.1. The van der Waals surface area contributed by atoms with Crippen LogP contribution >= 0.6 is 0 Å². The lowest BCUT2D eigenvalue weighted by atomic mass is 9.98. The summed E-state index contributed by atoms with van der Waals surface area (Å²) in [6.07, 6.45) is 1.38. The molecular formula is C23H17FN4O. The zero-order chi connectivity index (χ0) is 20.5. The number of nitrogens with zero attached hydrogens (tertiary/aromatic N) is 3. The van der Waals surface area contributed by atoms with Crippen LogP contribution in [0.15, 0.2) is 53.7 Å². The number of carbonyl (C=O) groups excluding carboxylic acids is 1. The fourth-order valence-electron chi connectivity index (χ4n) is 3.45. The van der Waals surface area contributed by atoms with E-state index in [1.807, 2.05) is 37.3 Å². The molecule has 1 amide bonds. The predicted octanol–water partition coefficient (Wildman–Crippen LogP) is 4.31. The molecule has 0 bridgehead atoms. The van der Waals surface area contributed by atoms with Crippen LogP contribution in [0.2, 0.25) is 0 Å². The van der Waals surface area contributed by atoms with E-state index in [0.717, 1.165) is 16.7 Å². The standard InChI is InChI=1S/C23H17FN4O/c1-13-5-17(8-18(24)6-13)22-20-9-19(4-3-16(20)12-27-22)28-23(29)21-14(2)7-15(10-25)11-26-21/h3-9,11H,12H2,1-2H3,(H,28,29). The Balaban J connectivity index is 1.63. The number of carbonyl (C=O) groups is 1. The van der Waals surface area contributed by atoms with Crippen LogP contribution in [0.25, 0.3) is 0 Å². The molecular weight excluding hydrogens is 367 g/mol. The first-order valence-electron chi connectivity index (χ1n) is 9.08. The summed E-state index contributed by atoms with van der Waals surface area (Å²) < 4.78 is 13.8. The van der Waals surface area contributed by atoms with E-state index in [1.165, 1.54) is 18.3 Å². The Morgan fingerprint density at radius 3 is 2.72 bits per heavy atom. The molecule has 2 aromatic carbocycles. The minimum atomic E-state index is -0.356. The quantitative estimate of drug-likeness (QED) is 0.731. The third-order valence-electron chi connectivity index (χ3n) is 4.77. The van der Waals surface area contributed by atoms with E-state index in [2.05, 4.69) is 15.3 Å². The summed E-state index contributed by atoms with van der Waals surface area (Å²) in [7, 11) is 0. The lowest BCUT2D eigenvalue weighted by molar-refractivity contribution is 0.102. The Morgan fingerprint density at radius 2 is 2.00 bits per heavy atom. The SMILES string of the molecule is Cc1cc(F)cc(C2=NCc3ccc(NC(=O)c4ncc(C#N)cc4C)cc32)c1. The molecule has 142 valence electrons. The number of aliphatic imine (C=N–C) groups is 1. The number of aromatic nitrogens is 1. The third kappa shape index (κ3) is 3.63. The first-order valence-corrected chi connectivity index (χ1v) is 9.08. The van der Waals surface area contributed by atoms with Crippen LogP contribution in [-0.2, 0) is 6.54 Å². The van der Waals surface area contributed by atoms with Gasteiger partial charge in [0.05, 0.1) is 17.8 Å². The largest absolute Gasteiger partial charge is 0.321 e. The van der Waals surface area contributed by atoms with Gasteiger partial charge in [0.15, 0.2) is 0 Å². The van der Waals surface area contributed by atoms with Gasteiger partial charge in [-0.2, -0.15) is 5.26 Å². The van der Waals surface area contributed by atoms with Crippen LogP contribution in [0, 0.1) is 31.0 Å². The van der Waals surface area contributed by atoms with Crippen LogP contribution in [-0.4, -0.2) is 16.6 Å². The van der Waals surface area contributed by atoms with Crippen molar-refractivity contribution in [1.82, 2.24) is 4.98 Å². The molecule has 0 saturated heterocycles. The summed E-state index contributed by atoms with van der Waals surface area (Å²) >= 11 is 0. The maximum Gasteiger partial charge on any atom is 0.274 e. The molecule has 0 fully saturated rings. The number of benzene rings is 2. The van der Waals surface area contributed by atoms with Gasteiger partial charge >= 0.3 is 0 Å². The monoisotopic (exact) mass is 384 g/mol. The molecule has 1 N–H and O–H groups in total. The van der Waals surface area contributed by atoms with Crippen molar-refractivity contribution in [3.63, 3.8) is 0 Å². The Morgan fingerprint density at radius 1 is 1.17 bits per heavy atom. The van der Waals surface area contributed by atoms with Gasteiger partial charge in [-0.05, 0) is 66.9 Å². The van der Waals surface area contributed by atoms with Crippen molar-refractivity contribution in [2.45, 2.75) is 20.4 Å². The molecule has 0 spiro atoms. The van der Waals surface area contributed by atoms with Crippen LogP contribution < -0.4 is 5.32 Å². The third-order valence-corrected chi connectivity index (χ3v) is 4.77. The number of fused-ring (bicyclic) bond motifs is 1. The summed E-state index contributed by atoms with van der Waals surface area (Å²) in [5.41, 5.74) is 6.04. The van der Waals surface area contributed by atoms with Crippen molar-refractivity contribution in [3.05, 3.63) is 93.6 Å². The highest BCUT2D eigenvalue weighted by Crippen LogP contribution is 2.27. The average molecular weight is 384 g/mol. The fraction of sp³-hybridized carbons (Fsp3) is 0.130. The van der Waals surface area contributed by atoms with Crippen LogP contribution in [0.4, 0.5) is 10.1 Å². The minimum absolute atomic E-state index is 0.263. The van der Waals surface area contributed by atoms with Crippen molar-refractivity contribution in [2.75, 3.05) is 5.32 Å². The Hall–Kier alpha value is -3.85. The summed E-state index contributed by atoms with van der Waals surface area (Å²) in [5.74, 6) is -0.659. The second kappa shape index (κ2) is 7.28. The number of rotatable bonds is 3. The smallest absolute Gasteiger partial charge is 0.274 e. The van der Waals surface area contributed by atoms with Gasteiger partial charge in [0, 0.05) is 23.0 Å². The molecule has 0 unspecified atom stereocenters. The summed E-state index contributed by atoms with van der Waals surface area (Å²) in [6.45, 7) is 4.10. The lowest BCUT2D eigenvalue weighted by Gasteiger charge is -2.10. The second-order valence-electron chi connectivity index (χ2n) is 7.01. The molecule has 4 rings (SSSR count). The number of nitrogens with one attached hydrogen (secondary N) is 1. The molecule has 0 saturated carbocycles. The van der Waals surface area contributed by atoms with Crippen molar-refractivity contribution in [1.29, 1.82) is 5.26 Å². The van der Waals surface area contributed by atoms with E-state index in [4.69, 9.17) is 5.26 Å². The minimum Gasteiger partial charge on any atom is -0.321 e. The molecule has 1 aromatic heterocycles. The van der Waals surface area contributed by atoms with Gasteiger partial charge in [-0.15, -0.1) is 0 Å². The molecule has 0 radical (unpaired) electrons. The van der Waals surface area contributed by atoms with E-state index in [1.54, 1.807) is 13.0 Å². The first-order chi connectivity index (χ1) is 13.9. The van der Waals surface area contributed by atoms with Crippen LogP contribution in [0.3, 0.4) is 0 Å². The second-order valence-corrected chi connectivity index (χ2v) is 7.01. The summed E-state index contributed by atoms with van der Waals surface area (Å²) in [6, 6.07) is 14.0. The number of hydrogen-bond acceptors (Lipinski definition) is 4. The van der Waals surface area contributed by atoms with Crippen molar-refractivity contribution in [2.24, 2.45) is 4.99 Å². The van der Waals surface area contributed by atoms with Crippen molar-refractivity contribution < 1.29 is 9.18 Å². The Kier molecular flexibility index (Phi) is 4.65. The van der Waals surface area contributed by atoms with E-state index in [-0.39, 0.29) is 17.4 Å². The number of hydrogen-bond donors (Lipinski definition) is 1. The van der Waals surface area contributed by atoms with Gasteiger partial charge in [-0.3, -0.25) is 9.79 Å². The number of halogens is 1. The normalized spacial score (nSPS) is 12.1. The van der Waals surface area contributed by atoms with Gasteiger partial charge in [-0.1, -0.05) is 6.07 Å². The summed E-state index contributed by atoms with van der Waals surface area (Å²) in [5, 5.41) is 11.8. The number of amides is 1. The Labute approximate surface area is 167 Å². The zero-order valence-corrected chi connectivity index (χ0v) is 16.0. The molecule has 2 heterocycles. The maximum absolute atomic E-state index is 13.8. The first kappa shape index (κ1) is 18.5. The van der Waals surface area contributed by atoms with E-state index >= 15 is 0 Å².